The van der Waals surface area contributed by atoms with E-state index in [4.69, 9.17) is 0 Å². The highest BCUT2D eigenvalue weighted by Gasteiger charge is 2.09. The van der Waals surface area contributed by atoms with Crippen molar-refractivity contribution in [1.29, 1.82) is 0 Å². The van der Waals surface area contributed by atoms with E-state index in [1.807, 2.05) is 6.08 Å². The monoisotopic (exact) mass is 211 g/mol. The summed E-state index contributed by atoms with van der Waals surface area (Å²) >= 11 is 0. The normalized spacial score (nSPS) is 12.7. The lowest BCUT2D eigenvalue weighted by Gasteiger charge is -2.19. The van der Waals surface area contributed by atoms with E-state index in [0.717, 1.165) is 51.5 Å². The highest BCUT2D eigenvalue weighted by atomic mass is 16.1. The molecule has 0 saturated carbocycles. The second kappa shape index (κ2) is 9.91. The summed E-state index contributed by atoms with van der Waals surface area (Å²) < 4.78 is 0. The average Bonchev–Trinajstić information content (AvgIpc) is 2.23. The van der Waals surface area contributed by atoms with Crippen molar-refractivity contribution in [3.8, 4) is 0 Å². The van der Waals surface area contributed by atoms with Gasteiger partial charge in [-0.05, 0) is 39.3 Å². The molecule has 0 rings (SSSR count). The lowest BCUT2D eigenvalue weighted by molar-refractivity contribution is -0.111. The summed E-state index contributed by atoms with van der Waals surface area (Å²) in [5.41, 5.74) is 0. The van der Waals surface area contributed by atoms with Gasteiger partial charge in [-0.2, -0.15) is 0 Å². The molecule has 1 unspecified atom stereocenters. The molecule has 0 spiro atoms. The molecule has 0 heterocycles. The number of nitrogens with zero attached hydrogens (tertiary/aromatic N) is 1. The van der Waals surface area contributed by atoms with Crippen LogP contribution in [0.3, 0.4) is 0 Å². The summed E-state index contributed by atoms with van der Waals surface area (Å²) in [7, 11) is 2.09. The quantitative estimate of drug-likeness (QED) is 0.314. The first-order valence-corrected chi connectivity index (χ1v) is 5.99. The molecule has 0 fully saturated rings. The Morgan fingerprint density at radius 3 is 2.67 bits per heavy atom. The predicted molar refractivity (Wildman–Crippen MR) is 66.0 cm³/mol. The van der Waals surface area contributed by atoms with Crippen LogP contribution in [0.2, 0.25) is 0 Å². The van der Waals surface area contributed by atoms with Gasteiger partial charge in [0.15, 0.2) is 0 Å². The van der Waals surface area contributed by atoms with Crippen molar-refractivity contribution in [3.05, 3.63) is 12.7 Å². The molecule has 88 valence electrons. The molecule has 0 radical (unpaired) electrons. The maximum absolute atomic E-state index is 10.9. The third-order valence-corrected chi connectivity index (χ3v) is 2.58. The number of rotatable bonds is 10. The van der Waals surface area contributed by atoms with Crippen LogP contribution >= 0.6 is 0 Å². The van der Waals surface area contributed by atoms with Crippen LogP contribution in [0.1, 0.15) is 39.0 Å². The maximum atomic E-state index is 10.9. The molecule has 0 aromatic heterocycles. The minimum atomic E-state index is 0.214. The number of allylic oxidation sites excluding steroid dienone is 1. The fourth-order valence-electron chi connectivity index (χ4n) is 1.77. The van der Waals surface area contributed by atoms with Gasteiger partial charge in [0.1, 0.15) is 6.29 Å². The van der Waals surface area contributed by atoms with Crippen molar-refractivity contribution in [2.24, 2.45) is 5.92 Å². The fourth-order valence-corrected chi connectivity index (χ4v) is 1.77. The number of aldehydes is 1. The summed E-state index contributed by atoms with van der Waals surface area (Å²) in [4.78, 5) is 13.1. The van der Waals surface area contributed by atoms with Crippen LogP contribution in [0.4, 0.5) is 0 Å². The van der Waals surface area contributed by atoms with Crippen molar-refractivity contribution in [2.75, 3.05) is 20.1 Å². The fraction of sp³-hybridized carbons (Fsp3) is 0.769. The molecule has 0 aliphatic rings. The van der Waals surface area contributed by atoms with Crippen molar-refractivity contribution < 1.29 is 4.79 Å². The molecule has 0 aromatic carbocycles. The Bertz CT molecular complexity index is 168. The first kappa shape index (κ1) is 14.4. The van der Waals surface area contributed by atoms with Gasteiger partial charge in [-0.15, -0.1) is 6.58 Å². The first-order chi connectivity index (χ1) is 7.24. The summed E-state index contributed by atoms with van der Waals surface area (Å²) in [6.45, 7) is 7.84. The van der Waals surface area contributed by atoms with E-state index in [9.17, 15) is 4.79 Å². The number of hydrogen-bond donors (Lipinski definition) is 0. The zero-order valence-corrected chi connectivity index (χ0v) is 10.2. The zero-order chi connectivity index (χ0) is 11.5. The smallest absolute Gasteiger partial charge is 0.124 e. The molecule has 0 amide bonds. The molecule has 2 heteroatoms. The van der Waals surface area contributed by atoms with Crippen LogP contribution in [0.15, 0.2) is 12.7 Å². The van der Waals surface area contributed by atoms with E-state index in [2.05, 4.69) is 25.5 Å². The number of carbonyl (C=O) groups excluding carboxylic acids is 1. The molecule has 0 aromatic rings. The van der Waals surface area contributed by atoms with Gasteiger partial charge in [-0.3, -0.25) is 0 Å². The third-order valence-electron chi connectivity index (χ3n) is 2.58. The van der Waals surface area contributed by atoms with Gasteiger partial charge < -0.3 is 9.69 Å². The number of unbranched alkanes of at least 4 members (excludes halogenated alkanes) is 2. The van der Waals surface area contributed by atoms with Gasteiger partial charge in [0.25, 0.3) is 0 Å². The van der Waals surface area contributed by atoms with Crippen molar-refractivity contribution in [2.45, 2.75) is 39.0 Å². The third kappa shape index (κ3) is 8.37. The maximum Gasteiger partial charge on any atom is 0.124 e. The molecule has 0 bridgehead atoms. The van der Waals surface area contributed by atoms with Crippen molar-refractivity contribution in [1.82, 2.24) is 4.90 Å². The summed E-state index contributed by atoms with van der Waals surface area (Å²) in [6.07, 6.45) is 8.58. The van der Waals surface area contributed by atoms with Gasteiger partial charge in [-0.1, -0.05) is 19.4 Å². The minimum absolute atomic E-state index is 0.214. The molecular weight excluding hydrogens is 186 g/mol. The molecule has 0 N–H and O–H groups in total. The highest BCUT2D eigenvalue weighted by Crippen LogP contribution is 2.09. The second-order valence-electron chi connectivity index (χ2n) is 4.23. The number of carbonyl (C=O) groups is 1. The van der Waals surface area contributed by atoms with E-state index in [1.165, 1.54) is 0 Å². The van der Waals surface area contributed by atoms with Crippen molar-refractivity contribution in [3.63, 3.8) is 0 Å². The second-order valence-corrected chi connectivity index (χ2v) is 4.23. The molecule has 0 saturated heterocycles. The Morgan fingerprint density at radius 2 is 2.13 bits per heavy atom. The van der Waals surface area contributed by atoms with Gasteiger partial charge in [0.05, 0.1) is 0 Å². The standard InChI is InChI=1S/C13H25NO/c1-4-6-7-8-9-13(12-15)11-14(3)10-5-2/h4,12-13H,1,5-11H2,2-3H3. The zero-order valence-electron chi connectivity index (χ0n) is 10.2. The SMILES string of the molecule is C=CCCCCC(C=O)CN(C)CCC. The molecule has 0 aliphatic heterocycles. The van der Waals surface area contributed by atoms with E-state index in [-0.39, 0.29) is 5.92 Å². The number of hydrogen-bond acceptors (Lipinski definition) is 2. The van der Waals surface area contributed by atoms with E-state index < -0.39 is 0 Å². The molecule has 1 atom stereocenters. The van der Waals surface area contributed by atoms with Crippen LogP contribution < -0.4 is 0 Å². The summed E-state index contributed by atoms with van der Waals surface area (Å²) in [5.74, 6) is 0.214. The predicted octanol–water partition coefficient (Wildman–Crippen LogP) is 2.89. The van der Waals surface area contributed by atoms with E-state index in [0.29, 0.717) is 0 Å². The van der Waals surface area contributed by atoms with E-state index in [1.54, 1.807) is 0 Å². The van der Waals surface area contributed by atoms with Gasteiger partial charge >= 0.3 is 0 Å². The Morgan fingerprint density at radius 1 is 1.40 bits per heavy atom. The highest BCUT2D eigenvalue weighted by molar-refractivity contribution is 5.53. The summed E-state index contributed by atoms with van der Waals surface area (Å²) in [5, 5.41) is 0. The van der Waals surface area contributed by atoms with Crippen LogP contribution in [0.25, 0.3) is 0 Å². The average molecular weight is 211 g/mol. The van der Waals surface area contributed by atoms with Crippen LogP contribution in [-0.2, 0) is 4.79 Å². The molecular formula is C13H25NO. The van der Waals surface area contributed by atoms with Crippen molar-refractivity contribution >= 4 is 6.29 Å². The molecule has 2 nitrogen and oxygen atoms in total. The Hall–Kier alpha value is -0.630. The first-order valence-electron chi connectivity index (χ1n) is 5.99. The summed E-state index contributed by atoms with van der Waals surface area (Å²) in [6, 6.07) is 0. The lowest BCUT2D eigenvalue weighted by atomic mass is 10.0. The Balaban J connectivity index is 3.62. The van der Waals surface area contributed by atoms with Crippen LogP contribution in [0.5, 0.6) is 0 Å². The largest absolute Gasteiger partial charge is 0.306 e. The van der Waals surface area contributed by atoms with Gasteiger partial charge in [0, 0.05) is 12.5 Å². The van der Waals surface area contributed by atoms with E-state index >= 15 is 0 Å². The van der Waals surface area contributed by atoms with Gasteiger partial charge in [-0.25, -0.2) is 0 Å². The topological polar surface area (TPSA) is 20.3 Å². The van der Waals surface area contributed by atoms with Crippen LogP contribution in [0, 0.1) is 5.92 Å². The Labute approximate surface area is 94.4 Å². The molecule has 15 heavy (non-hydrogen) atoms. The van der Waals surface area contributed by atoms with Gasteiger partial charge in [0.2, 0.25) is 0 Å². The lowest BCUT2D eigenvalue weighted by Crippen LogP contribution is -2.27. The van der Waals surface area contributed by atoms with Crippen LogP contribution in [-0.4, -0.2) is 31.3 Å². The Kier molecular flexibility index (Phi) is 9.49. The molecule has 0 aliphatic carbocycles. The minimum Gasteiger partial charge on any atom is -0.306 e.